The summed E-state index contributed by atoms with van der Waals surface area (Å²) < 4.78 is 74.4. The number of hydrogen-bond acceptors (Lipinski definition) is 7. The molecule has 11 heteroatoms. The summed E-state index contributed by atoms with van der Waals surface area (Å²) in [5.41, 5.74) is 0.685. The number of phenols is 1. The van der Waals surface area contributed by atoms with Gasteiger partial charge in [-0.15, -0.1) is 0 Å². The molecule has 6 aromatic rings. The third-order valence-corrected chi connectivity index (χ3v) is 8.18. The van der Waals surface area contributed by atoms with Crippen molar-refractivity contribution in [3.63, 3.8) is 0 Å². The Kier molecular flexibility index (Phi) is 5.13. The zero-order valence-electron chi connectivity index (χ0n) is 19.1. The monoisotopic (exact) mass is 548 g/mol. The fraction of sp³-hybridized carbons (Fsp3) is 0. The fourth-order valence-electron chi connectivity index (χ4n) is 4.80. The first-order valence-corrected chi connectivity index (χ1v) is 13.9. The molecule has 0 aliphatic heterocycles. The Morgan fingerprint density at radius 1 is 0.605 bits per heavy atom. The van der Waals surface area contributed by atoms with Gasteiger partial charge >= 0.3 is 0 Å². The van der Waals surface area contributed by atoms with Crippen LogP contribution in [0.1, 0.15) is 0 Å². The van der Waals surface area contributed by atoms with E-state index in [-0.39, 0.29) is 16.7 Å². The maximum Gasteiger partial charge on any atom is 0.295 e. The Labute approximate surface area is 214 Å². The van der Waals surface area contributed by atoms with Crippen molar-refractivity contribution < 1.29 is 35.5 Å². The van der Waals surface area contributed by atoms with Crippen molar-refractivity contribution in [2.24, 2.45) is 0 Å². The van der Waals surface area contributed by atoms with E-state index in [9.17, 15) is 35.8 Å². The lowest BCUT2D eigenvalue weighted by Crippen LogP contribution is -2.05. The van der Waals surface area contributed by atoms with Crippen LogP contribution < -0.4 is 5.43 Å². The van der Waals surface area contributed by atoms with Gasteiger partial charge < -0.3 is 9.52 Å². The van der Waals surface area contributed by atoms with E-state index in [1.165, 1.54) is 30.3 Å². The molecular formula is C27H16O9S2. The lowest BCUT2D eigenvalue weighted by molar-refractivity contribution is 0.475. The van der Waals surface area contributed by atoms with Gasteiger partial charge in [0, 0.05) is 32.7 Å². The van der Waals surface area contributed by atoms with Crippen LogP contribution in [0.15, 0.2) is 97.9 Å². The molecule has 9 nitrogen and oxygen atoms in total. The Bertz CT molecular complexity index is 2270. The molecule has 6 rings (SSSR count). The van der Waals surface area contributed by atoms with E-state index in [2.05, 4.69) is 0 Å². The molecule has 0 saturated heterocycles. The van der Waals surface area contributed by atoms with Gasteiger partial charge in [-0.25, -0.2) is 0 Å². The molecule has 190 valence electrons. The normalized spacial score (nSPS) is 12.6. The fourth-order valence-corrected chi connectivity index (χ4v) is 6.11. The summed E-state index contributed by atoms with van der Waals surface area (Å²) in [7, 11) is -9.76. The van der Waals surface area contributed by atoms with E-state index in [1.54, 1.807) is 36.4 Å². The molecule has 0 saturated carbocycles. The van der Waals surface area contributed by atoms with Crippen molar-refractivity contribution >= 4 is 63.7 Å². The van der Waals surface area contributed by atoms with Gasteiger partial charge in [-0.1, -0.05) is 18.2 Å². The topological polar surface area (TPSA) is 159 Å². The molecule has 5 aromatic carbocycles. The summed E-state index contributed by atoms with van der Waals surface area (Å²) in [6.45, 7) is 0. The van der Waals surface area contributed by atoms with Gasteiger partial charge in [0.1, 0.15) is 21.8 Å². The number of phenolic OH excluding ortho intramolecular Hbond substituents is 1. The molecule has 0 bridgehead atoms. The van der Waals surface area contributed by atoms with E-state index in [4.69, 9.17) is 4.42 Å². The van der Waals surface area contributed by atoms with E-state index in [0.29, 0.717) is 55.1 Å². The van der Waals surface area contributed by atoms with Crippen LogP contribution in [0.2, 0.25) is 0 Å². The second-order valence-corrected chi connectivity index (χ2v) is 11.6. The van der Waals surface area contributed by atoms with Crippen molar-refractivity contribution in [2.45, 2.75) is 9.79 Å². The third-order valence-electron chi connectivity index (χ3n) is 6.44. The standard InChI is InChI=1S/C27H16O9S2/c28-16-3-8-19-14(11-16)1-6-22-25(21-10-5-18(37(30,31)32)13-24(21)38(33,34)35)23-7-2-15-12-17(29)4-9-20(15)27(23)36-26(19)22/h1-13,28H,(H,30,31,32)(H,33,34,35). The molecule has 3 N–H and O–H groups in total. The van der Waals surface area contributed by atoms with Crippen molar-refractivity contribution in [3.8, 4) is 16.9 Å². The average Bonchev–Trinajstić information content (AvgIpc) is 2.85. The molecule has 1 aromatic heterocycles. The highest BCUT2D eigenvalue weighted by Gasteiger charge is 2.25. The predicted molar refractivity (Wildman–Crippen MR) is 142 cm³/mol. The Hall–Kier alpha value is -4.29. The summed E-state index contributed by atoms with van der Waals surface area (Å²) in [5.74, 6) is 0.0285. The smallest absolute Gasteiger partial charge is 0.295 e. The summed E-state index contributed by atoms with van der Waals surface area (Å²) in [5, 5.41) is 13.2. The van der Waals surface area contributed by atoms with Gasteiger partial charge in [0.15, 0.2) is 5.43 Å². The largest absolute Gasteiger partial charge is 0.508 e. The maximum atomic E-state index is 12.5. The minimum atomic E-state index is -4.98. The first-order valence-electron chi connectivity index (χ1n) is 11.1. The van der Waals surface area contributed by atoms with Crippen LogP contribution in [-0.4, -0.2) is 31.0 Å². The number of hydrogen-bond donors (Lipinski definition) is 3. The highest BCUT2D eigenvalue weighted by molar-refractivity contribution is 7.86. The van der Waals surface area contributed by atoms with Crippen molar-refractivity contribution in [1.29, 1.82) is 0 Å². The SMILES string of the molecule is O=c1ccc2c(ccc3c(-c4ccc(S(=O)(=O)O)cc4S(=O)(=O)O)c4ccc5cc(O)ccc5c4oc32)c1. The van der Waals surface area contributed by atoms with Gasteiger partial charge in [0.2, 0.25) is 0 Å². The van der Waals surface area contributed by atoms with Crippen molar-refractivity contribution in [3.05, 3.63) is 89.1 Å². The number of benzene rings is 5. The molecule has 0 amide bonds. The lowest BCUT2D eigenvalue weighted by Gasteiger charge is -2.16. The average molecular weight is 549 g/mol. The molecular weight excluding hydrogens is 532 g/mol. The van der Waals surface area contributed by atoms with Gasteiger partial charge in [-0.3, -0.25) is 13.9 Å². The molecule has 1 heterocycles. The molecule has 0 spiro atoms. The molecule has 0 radical (unpaired) electrons. The minimum Gasteiger partial charge on any atom is -0.508 e. The maximum absolute atomic E-state index is 12.5. The second-order valence-electron chi connectivity index (χ2n) is 8.76. The van der Waals surface area contributed by atoms with Crippen LogP contribution in [0.4, 0.5) is 0 Å². The molecule has 0 aliphatic carbocycles. The lowest BCUT2D eigenvalue weighted by atomic mass is 9.93. The van der Waals surface area contributed by atoms with E-state index in [0.717, 1.165) is 6.07 Å². The first kappa shape index (κ1) is 24.1. The van der Waals surface area contributed by atoms with Crippen molar-refractivity contribution in [1.82, 2.24) is 0 Å². The summed E-state index contributed by atoms with van der Waals surface area (Å²) in [6, 6.07) is 18.6. The summed E-state index contributed by atoms with van der Waals surface area (Å²) >= 11 is 0. The van der Waals surface area contributed by atoms with Crippen molar-refractivity contribution in [2.75, 3.05) is 0 Å². The van der Waals surface area contributed by atoms with Crippen LogP contribution in [0, 0.1) is 0 Å². The predicted octanol–water partition coefficient (Wildman–Crippen LogP) is 5.12. The Morgan fingerprint density at radius 2 is 1.18 bits per heavy atom. The second kappa shape index (κ2) is 8.10. The Balaban J connectivity index is 1.88. The number of aromatic hydroxyl groups is 1. The van der Waals surface area contributed by atoms with Crippen LogP contribution in [0.3, 0.4) is 0 Å². The zero-order chi connectivity index (χ0) is 27.0. The third kappa shape index (κ3) is 3.80. The van der Waals surface area contributed by atoms with Gasteiger partial charge in [-0.05, 0) is 71.4 Å². The Morgan fingerprint density at radius 3 is 1.79 bits per heavy atom. The highest BCUT2D eigenvalue weighted by Crippen LogP contribution is 2.44. The molecule has 0 fully saturated rings. The van der Waals surface area contributed by atoms with E-state index in [1.807, 2.05) is 0 Å². The molecule has 0 unspecified atom stereocenters. The van der Waals surface area contributed by atoms with Gasteiger partial charge in [-0.2, -0.15) is 16.8 Å². The molecule has 0 aliphatic rings. The van der Waals surface area contributed by atoms with Crippen LogP contribution in [-0.2, 0) is 20.2 Å². The molecule has 0 atom stereocenters. The zero-order valence-corrected chi connectivity index (χ0v) is 20.7. The van der Waals surface area contributed by atoms with Crippen LogP contribution in [0.5, 0.6) is 5.75 Å². The number of fused-ring (bicyclic) bond motifs is 6. The summed E-state index contributed by atoms with van der Waals surface area (Å²) in [6.07, 6.45) is 0. The van der Waals surface area contributed by atoms with Gasteiger partial charge in [0.05, 0.1) is 4.90 Å². The minimum absolute atomic E-state index is 0.0285. The van der Waals surface area contributed by atoms with E-state index < -0.39 is 30.0 Å². The number of rotatable bonds is 3. The van der Waals surface area contributed by atoms with E-state index >= 15 is 0 Å². The quantitative estimate of drug-likeness (QED) is 0.155. The molecule has 38 heavy (non-hydrogen) atoms. The summed E-state index contributed by atoms with van der Waals surface area (Å²) in [4.78, 5) is 10.5. The van der Waals surface area contributed by atoms with Crippen LogP contribution in [0.25, 0.3) is 54.6 Å². The van der Waals surface area contributed by atoms with Crippen LogP contribution >= 0.6 is 0 Å². The highest BCUT2D eigenvalue weighted by atomic mass is 32.2. The van der Waals surface area contributed by atoms with Gasteiger partial charge in [0.25, 0.3) is 20.2 Å². The first-order chi connectivity index (χ1) is 17.9.